The summed E-state index contributed by atoms with van der Waals surface area (Å²) >= 11 is 0. The Morgan fingerprint density at radius 2 is 1.75 bits per heavy atom. The van der Waals surface area contributed by atoms with Crippen molar-refractivity contribution >= 4 is 26.7 Å². The molecule has 1 aliphatic rings. The molecule has 0 saturated heterocycles. The van der Waals surface area contributed by atoms with Crippen molar-refractivity contribution in [1.82, 2.24) is 4.72 Å². The Morgan fingerprint density at radius 1 is 1.04 bits per heavy atom. The zero-order valence-corrected chi connectivity index (χ0v) is 18.1. The number of hydrogen-bond donors (Lipinski definition) is 2. The molecule has 5 nitrogen and oxygen atoms in total. The fourth-order valence-electron chi connectivity index (χ4n) is 3.68. The molecule has 3 atom stereocenters. The van der Waals surface area contributed by atoms with Gasteiger partial charge in [0.25, 0.3) is 0 Å². The fourth-order valence-corrected chi connectivity index (χ4v) is 5.09. The molecule has 2 aromatic carbocycles. The highest BCUT2D eigenvalue weighted by molar-refractivity contribution is 7.92. The standard InChI is InChI=1S/C21H28N2O3S2/c1-15(2)27(24)22-21-9-5-8-20(21)17-12-10-16(11-13-17)18-6-4-7-19(14-18)23-28(3,25)26/h4,6-7,10-15,20-23H,5,8-9H2,1-3H3/t20-,21?,27?/m1/s1. The summed E-state index contributed by atoms with van der Waals surface area (Å²) in [5.41, 5.74) is 3.81. The molecule has 2 unspecified atom stereocenters. The lowest BCUT2D eigenvalue weighted by Crippen LogP contribution is -2.36. The number of nitrogens with one attached hydrogen (secondary N) is 2. The quantitative estimate of drug-likeness (QED) is 0.710. The molecule has 0 aromatic heterocycles. The first kappa shape index (κ1) is 21.0. The molecule has 3 rings (SSSR count). The van der Waals surface area contributed by atoms with Crippen LogP contribution >= 0.6 is 0 Å². The monoisotopic (exact) mass is 420 g/mol. The molecule has 1 aliphatic carbocycles. The van der Waals surface area contributed by atoms with Crippen LogP contribution in [0, 0.1) is 0 Å². The zero-order chi connectivity index (χ0) is 20.3. The van der Waals surface area contributed by atoms with Crippen molar-refractivity contribution in [2.24, 2.45) is 0 Å². The van der Waals surface area contributed by atoms with Crippen molar-refractivity contribution in [2.75, 3.05) is 11.0 Å². The van der Waals surface area contributed by atoms with E-state index in [-0.39, 0.29) is 11.3 Å². The van der Waals surface area contributed by atoms with Crippen LogP contribution in [0.25, 0.3) is 11.1 Å². The van der Waals surface area contributed by atoms with E-state index in [0.717, 1.165) is 36.6 Å². The first-order valence-electron chi connectivity index (χ1n) is 9.58. The van der Waals surface area contributed by atoms with Gasteiger partial charge >= 0.3 is 0 Å². The van der Waals surface area contributed by atoms with E-state index < -0.39 is 21.0 Å². The normalized spacial score (nSPS) is 21.0. The molecular formula is C21H28N2O3S2. The number of sulfonamides is 1. The lowest BCUT2D eigenvalue weighted by Gasteiger charge is -2.22. The van der Waals surface area contributed by atoms with Crippen LogP contribution in [0.15, 0.2) is 48.5 Å². The summed E-state index contributed by atoms with van der Waals surface area (Å²) in [5.74, 6) is 0.370. The first-order chi connectivity index (χ1) is 13.2. The lowest BCUT2D eigenvalue weighted by atomic mass is 9.93. The minimum absolute atomic E-state index is 0.108. The van der Waals surface area contributed by atoms with Crippen molar-refractivity contribution in [1.29, 1.82) is 0 Å². The molecule has 1 saturated carbocycles. The largest absolute Gasteiger partial charge is 0.284 e. The molecule has 0 radical (unpaired) electrons. The molecule has 28 heavy (non-hydrogen) atoms. The van der Waals surface area contributed by atoms with Crippen molar-refractivity contribution < 1.29 is 12.6 Å². The third kappa shape index (κ3) is 5.43. The predicted molar refractivity (Wildman–Crippen MR) is 117 cm³/mol. The van der Waals surface area contributed by atoms with E-state index >= 15 is 0 Å². The highest BCUT2D eigenvalue weighted by Crippen LogP contribution is 2.36. The summed E-state index contributed by atoms with van der Waals surface area (Å²) in [6.45, 7) is 3.93. The van der Waals surface area contributed by atoms with Gasteiger partial charge in [0.05, 0.1) is 17.2 Å². The Balaban J connectivity index is 1.76. The second-order valence-electron chi connectivity index (χ2n) is 7.68. The highest BCUT2D eigenvalue weighted by atomic mass is 32.2. The van der Waals surface area contributed by atoms with Gasteiger partial charge in [0.2, 0.25) is 10.0 Å². The zero-order valence-electron chi connectivity index (χ0n) is 16.5. The third-order valence-electron chi connectivity index (χ3n) is 5.05. The maximum Gasteiger partial charge on any atom is 0.229 e. The Bertz CT molecular complexity index is 940. The molecule has 7 heteroatoms. The summed E-state index contributed by atoms with van der Waals surface area (Å²) in [5, 5.41) is 0.108. The van der Waals surface area contributed by atoms with Gasteiger partial charge in [-0.3, -0.25) is 4.72 Å². The molecule has 0 heterocycles. The number of anilines is 1. The summed E-state index contributed by atoms with van der Waals surface area (Å²) in [7, 11) is -4.31. The molecular weight excluding hydrogens is 392 g/mol. The summed E-state index contributed by atoms with van der Waals surface area (Å²) in [6, 6.07) is 16.0. The maximum atomic E-state index is 12.2. The maximum absolute atomic E-state index is 12.2. The first-order valence-corrected chi connectivity index (χ1v) is 12.7. The van der Waals surface area contributed by atoms with Crippen molar-refractivity contribution in [3.63, 3.8) is 0 Å². The van der Waals surface area contributed by atoms with E-state index in [0.29, 0.717) is 11.6 Å². The van der Waals surface area contributed by atoms with Crippen LogP contribution in [0.2, 0.25) is 0 Å². The highest BCUT2D eigenvalue weighted by Gasteiger charge is 2.30. The predicted octanol–water partition coefficient (Wildman–Crippen LogP) is 4.02. The second-order valence-corrected chi connectivity index (χ2v) is 11.2. The smallest absolute Gasteiger partial charge is 0.229 e. The van der Waals surface area contributed by atoms with Crippen LogP contribution in [0.3, 0.4) is 0 Å². The summed E-state index contributed by atoms with van der Waals surface area (Å²) < 4.78 is 40.9. The molecule has 1 fully saturated rings. The van der Waals surface area contributed by atoms with Crippen LogP contribution in [-0.4, -0.2) is 30.2 Å². The topological polar surface area (TPSA) is 75.3 Å². The van der Waals surface area contributed by atoms with E-state index in [2.05, 4.69) is 33.7 Å². The van der Waals surface area contributed by atoms with Crippen LogP contribution in [0.5, 0.6) is 0 Å². The van der Waals surface area contributed by atoms with Crippen molar-refractivity contribution in [3.8, 4) is 11.1 Å². The van der Waals surface area contributed by atoms with Crippen LogP contribution in [-0.2, 0) is 21.0 Å². The van der Waals surface area contributed by atoms with Crippen LogP contribution in [0.1, 0.15) is 44.6 Å². The third-order valence-corrected chi connectivity index (χ3v) is 7.05. The van der Waals surface area contributed by atoms with Crippen molar-refractivity contribution in [2.45, 2.75) is 50.3 Å². The number of hydrogen-bond acceptors (Lipinski definition) is 3. The van der Waals surface area contributed by atoms with Gasteiger partial charge in [0.1, 0.15) is 0 Å². The molecule has 0 bridgehead atoms. The molecule has 2 N–H and O–H groups in total. The SMILES string of the molecule is CC(C)S(=O)NC1CCC[C@@H]1c1ccc(-c2cccc(NS(C)(=O)=O)c2)cc1. The summed E-state index contributed by atoms with van der Waals surface area (Å²) in [4.78, 5) is 0. The van der Waals surface area contributed by atoms with Crippen LogP contribution in [0.4, 0.5) is 5.69 Å². The minimum atomic E-state index is -3.30. The summed E-state index contributed by atoms with van der Waals surface area (Å²) in [6.07, 6.45) is 4.43. The molecule has 152 valence electrons. The van der Waals surface area contributed by atoms with E-state index in [9.17, 15) is 12.6 Å². The number of benzene rings is 2. The van der Waals surface area contributed by atoms with Gasteiger partial charge in [0.15, 0.2) is 0 Å². The Labute approximate surface area is 170 Å². The Kier molecular flexibility index (Phi) is 6.58. The second kappa shape index (κ2) is 8.76. The van der Waals surface area contributed by atoms with E-state index in [1.807, 2.05) is 32.0 Å². The van der Waals surface area contributed by atoms with Gasteiger partial charge < -0.3 is 0 Å². The number of rotatable bonds is 7. The van der Waals surface area contributed by atoms with Gasteiger partial charge in [0, 0.05) is 22.9 Å². The molecule has 0 amide bonds. The fraction of sp³-hybridized carbons (Fsp3) is 0.429. The Hall–Kier alpha value is -1.70. The van der Waals surface area contributed by atoms with Crippen LogP contribution < -0.4 is 9.44 Å². The van der Waals surface area contributed by atoms with E-state index in [1.54, 1.807) is 6.07 Å². The van der Waals surface area contributed by atoms with Crippen molar-refractivity contribution in [3.05, 3.63) is 54.1 Å². The van der Waals surface area contributed by atoms with Gasteiger partial charge in [-0.25, -0.2) is 17.3 Å². The Morgan fingerprint density at radius 3 is 2.39 bits per heavy atom. The lowest BCUT2D eigenvalue weighted by molar-refractivity contribution is 0.559. The van der Waals surface area contributed by atoms with Gasteiger partial charge in [-0.05, 0) is 55.5 Å². The minimum Gasteiger partial charge on any atom is -0.284 e. The average Bonchev–Trinajstić information content (AvgIpc) is 3.08. The molecule has 0 spiro atoms. The van der Waals surface area contributed by atoms with Gasteiger partial charge in [-0.15, -0.1) is 0 Å². The van der Waals surface area contributed by atoms with Gasteiger partial charge in [-0.2, -0.15) is 0 Å². The van der Waals surface area contributed by atoms with E-state index in [1.165, 1.54) is 5.56 Å². The average molecular weight is 421 g/mol. The van der Waals surface area contributed by atoms with Gasteiger partial charge in [-0.1, -0.05) is 42.8 Å². The van der Waals surface area contributed by atoms with E-state index in [4.69, 9.17) is 0 Å². The molecule has 2 aromatic rings. The molecule has 0 aliphatic heterocycles.